The fourth-order valence-corrected chi connectivity index (χ4v) is 3.57. The number of anilines is 1. The number of likely N-dealkylation sites (tertiary alicyclic amines) is 1. The molecule has 0 radical (unpaired) electrons. The van der Waals surface area contributed by atoms with Crippen LogP contribution < -0.4 is 10.5 Å². The van der Waals surface area contributed by atoms with Gasteiger partial charge >= 0.3 is 0 Å². The van der Waals surface area contributed by atoms with Crippen molar-refractivity contribution in [3.8, 4) is 0 Å². The Hall–Kier alpha value is -1.11. The SMILES string of the molecule is CN1CCC(NS(=O)(=O)c2ccccc2N)CC1. The fourth-order valence-electron chi connectivity index (χ4n) is 2.13. The minimum Gasteiger partial charge on any atom is -0.398 e. The number of benzene rings is 1. The summed E-state index contributed by atoms with van der Waals surface area (Å²) in [5.74, 6) is 0. The van der Waals surface area contributed by atoms with Crippen LogP contribution in [-0.4, -0.2) is 39.5 Å². The van der Waals surface area contributed by atoms with Crippen LogP contribution in [0.3, 0.4) is 0 Å². The monoisotopic (exact) mass is 269 g/mol. The van der Waals surface area contributed by atoms with E-state index in [1.165, 1.54) is 6.07 Å². The molecular weight excluding hydrogens is 250 g/mol. The van der Waals surface area contributed by atoms with Crippen molar-refractivity contribution in [2.45, 2.75) is 23.8 Å². The van der Waals surface area contributed by atoms with Gasteiger partial charge in [-0.25, -0.2) is 13.1 Å². The molecule has 1 aromatic rings. The normalized spacial score (nSPS) is 18.9. The first-order chi connectivity index (χ1) is 8.49. The van der Waals surface area contributed by atoms with Gasteiger partial charge in [0.2, 0.25) is 10.0 Å². The summed E-state index contributed by atoms with van der Waals surface area (Å²) in [6, 6.07) is 6.55. The van der Waals surface area contributed by atoms with Crippen molar-refractivity contribution in [3.63, 3.8) is 0 Å². The van der Waals surface area contributed by atoms with E-state index in [0.717, 1.165) is 25.9 Å². The van der Waals surface area contributed by atoms with Crippen molar-refractivity contribution in [2.24, 2.45) is 0 Å². The maximum absolute atomic E-state index is 12.2. The molecular formula is C12H19N3O2S. The molecule has 0 saturated carbocycles. The van der Waals surface area contributed by atoms with Crippen molar-refractivity contribution in [2.75, 3.05) is 25.9 Å². The molecule has 0 spiro atoms. The topological polar surface area (TPSA) is 75.4 Å². The summed E-state index contributed by atoms with van der Waals surface area (Å²) in [6.07, 6.45) is 1.67. The quantitative estimate of drug-likeness (QED) is 0.790. The third-order valence-electron chi connectivity index (χ3n) is 3.25. The summed E-state index contributed by atoms with van der Waals surface area (Å²) in [5.41, 5.74) is 6.00. The van der Waals surface area contributed by atoms with E-state index in [4.69, 9.17) is 5.73 Å². The summed E-state index contributed by atoms with van der Waals surface area (Å²) >= 11 is 0. The fraction of sp³-hybridized carbons (Fsp3) is 0.500. The first-order valence-corrected chi connectivity index (χ1v) is 7.53. The number of hydrogen-bond donors (Lipinski definition) is 2. The zero-order valence-electron chi connectivity index (χ0n) is 10.5. The van der Waals surface area contributed by atoms with Crippen LogP contribution in [0.2, 0.25) is 0 Å². The van der Waals surface area contributed by atoms with Crippen LogP contribution in [-0.2, 0) is 10.0 Å². The van der Waals surface area contributed by atoms with Crippen LogP contribution >= 0.6 is 0 Å². The lowest BCUT2D eigenvalue weighted by atomic mass is 10.1. The van der Waals surface area contributed by atoms with Crippen molar-refractivity contribution in [1.82, 2.24) is 9.62 Å². The molecule has 1 saturated heterocycles. The van der Waals surface area contributed by atoms with Gasteiger partial charge in [-0.15, -0.1) is 0 Å². The van der Waals surface area contributed by atoms with E-state index in [1.807, 2.05) is 7.05 Å². The van der Waals surface area contributed by atoms with Crippen LogP contribution in [0.25, 0.3) is 0 Å². The molecule has 1 fully saturated rings. The first-order valence-electron chi connectivity index (χ1n) is 6.04. The molecule has 5 nitrogen and oxygen atoms in total. The summed E-state index contributed by atoms with van der Waals surface area (Å²) in [4.78, 5) is 2.37. The van der Waals surface area contributed by atoms with E-state index in [9.17, 15) is 8.42 Å². The summed E-state index contributed by atoms with van der Waals surface area (Å²) in [6.45, 7) is 1.83. The number of nitrogens with two attached hydrogens (primary N) is 1. The maximum Gasteiger partial charge on any atom is 0.242 e. The number of nitrogens with one attached hydrogen (secondary N) is 1. The van der Waals surface area contributed by atoms with E-state index in [0.29, 0.717) is 0 Å². The minimum absolute atomic E-state index is 0.00538. The number of rotatable bonds is 3. The highest BCUT2D eigenvalue weighted by atomic mass is 32.2. The third kappa shape index (κ3) is 3.01. The maximum atomic E-state index is 12.2. The van der Waals surface area contributed by atoms with Crippen molar-refractivity contribution < 1.29 is 8.42 Å². The summed E-state index contributed by atoms with van der Waals surface area (Å²) in [5, 5.41) is 0. The lowest BCUT2D eigenvalue weighted by Gasteiger charge is -2.29. The van der Waals surface area contributed by atoms with E-state index in [-0.39, 0.29) is 16.6 Å². The molecule has 3 N–H and O–H groups in total. The van der Waals surface area contributed by atoms with Gasteiger partial charge < -0.3 is 10.6 Å². The Morgan fingerprint density at radius 2 is 1.89 bits per heavy atom. The molecule has 2 rings (SSSR count). The van der Waals surface area contributed by atoms with Crippen LogP contribution in [0.1, 0.15) is 12.8 Å². The predicted octanol–water partition coefficient (Wildman–Crippen LogP) is 0.641. The Bertz CT molecular complexity index is 508. The second-order valence-electron chi connectivity index (χ2n) is 4.74. The Balaban J connectivity index is 2.11. The van der Waals surface area contributed by atoms with Gasteiger partial charge in [-0.3, -0.25) is 0 Å². The molecule has 0 bridgehead atoms. The van der Waals surface area contributed by atoms with Crippen molar-refractivity contribution in [1.29, 1.82) is 0 Å². The van der Waals surface area contributed by atoms with Gasteiger partial charge in [0.15, 0.2) is 0 Å². The molecule has 1 aliphatic heterocycles. The Morgan fingerprint density at radius 1 is 1.28 bits per heavy atom. The molecule has 1 aromatic carbocycles. The Labute approximate surface area is 108 Å². The molecule has 0 aromatic heterocycles. The molecule has 0 aliphatic carbocycles. The minimum atomic E-state index is -3.50. The number of nitrogen functional groups attached to an aromatic ring is 1. The smallest absolute Gasteiger partial charge is 0.242 e. The highest BCUT2D eigenvalue weighted by Gasteiger charge is 2.24. The number of piperidine rings is 1. The Morgan fingerprint density at radius 3 is 2.50 bits per heavy atom. The summed E-state index contributed by atoms with van der Waals surface area (Å²) in [7, 11) is -1.46. The average molecular weight is 269 g/mol. The zero-order chi connectivity index (χ0) is 13.2. The lowest BCUT2D eigenvalue weighted by Crippen LogP contribution is -2.43. The van der Waals surface area contributed by atoms with E-state index < -0.39 is 10.0 Å². The lowest BCUT2D eigenvalue weighted by molar-refractivity contribution is 0.248. The second-order valence-corrected chi connectivity index (χ2v) is 6.42. The number of para-hydroxylation sites is 1. The van der Waals surface area contributed by atoms with Crippen molar-refractivity contribution >= 4 is 15.7 Å². The van der Waals surface area contributed by atoms with E-state index in [1.54, 1.807) is 18.2 Å². The average Bonchev–Trinajstić information content (AvgIpc) is 2.32. The molecule has 18 heavy (non-hydrogen) atoms. The van der Waals surface area contributed by atoms with Gasteiger partial charge in [-0.1, -0.05) is 12.1 Å². The third-order valence-corrected chi connectivity index (χ3v) is 4.84. The highest BCUT2D eigenvalue weighted by Crippen LogP contribution is 2.19. The predicted molar refractivity (Wildman–Crippen MR) is 71.7 cm³/mol. The number of sulfonamides is 1. The van der Waals surface area contributed by atoms with Crippen LogP contribution in [0.5, 0.6) is 0 Å². The highest BCUT2D eigenvalue weighted by molar-refractivity contribution is 7.89. The number of nitrogens with zero attached hydrogens (tertiary/aromatic N) is 1. The molecule has 1 heterocycles. The van der Waals surface area contributed by atoms with Gasteiger partial charge in [-0.2, -0.15) is 0 Å². The zero-order valence-corrected chi connectivity index (χ0v) is 11.3. The van der Waals surface area contributed by atoms with Crippen LogP contribution in [0, 0.1) is 0 Å². The number of hydrogen-bond acceptors (Lipinski definition) is 4. The Kier molecular flexibility index (Phi) is 3.89. The van der Waals surface area contributed by atoms with E-state index in [2.05, 4.69) is 9.62 Å². The summed E-state index contributed by atoms with van der Waals surface area (Å²) < 4.78 is 27.1. The molecule has 0 amide bonds. The van der Waals surface area contributed by atoms with Crippen LogP contribution in [0.4, 0.5) is 5.69 Å². The molecule has 1 aliphatic rings. The van der Waals surface area contributed by atoms with Gasteiger partial charge in [0.25, 0.3) is 0 Å². The van der Waals surface area contributed by atoms with Gasteiger partial charge in [0, 0.05) is 6.04 Å². The van der Waals surface area contributed by atoms with Gasteiger partial charge in [0.1, 0.15) is 4.90 Å². The van der Waals surface area contributed by atoms with Gasteiger partial charge in [-0.05, 0) is 45.1 Å². The van der Waals surface area contributed by atoms with Crippen molar-refractivity contribution in [3.05, 3.63) is 24.3 Å². The van der Waals surface area contributed by atoms with Gasteiger partial charge in [0.05, 0.1) is 5.69 Å². The van der Waals surface area contributed by atoms with E-state index >= 15 is 0 Å². The largest absolute Gasteiger partial charge is 0.398 e. The first kappa shape index (κ1) is 13.3. The van der Waals surface area contributed by atoms with Crippen LogP contribution in [0.15, 0.2) is 29.2 Å². The second kappa shape index (κ2) is 5.26. The standard InChI is InChI=1S/C12H19N3O2S/c1-15-8-6-10(7-9-15)14-18(16,17)12-5-3-2-4-11(12)13/h2-5,10,14H,6-9,13H2,1H3. The molecule has 0 unspecified atom stereocenters. The molecule has 0 atom stereocenters. The molecule has 100 valence electrons. The molecule has 6 heteroatoms.